The zero-order valence-corrected chi connectivity index (χ0v) is 10.8. The molecular weight excluding hydrogens is 230 g/mol. The Balaban J connectivity index is 2.00. The Morgan fingerprint density at radius 2 is 2.22 bits per heavy atom. The first-order valence-corrected chi connectivity index (χ1v) is 6.65. The third kappa shape index (κ3) is 3.32. The number of rotatable bonds is 5. The van der Waals surface area contributed by atoms with Crippen LogP contribution in [-0.4, -0.2) is 34.3 Å². The van der Waals surface area contributed by atoms with Crippen molar-refractivity contribution in [1.82, 2.24) is 9.97 Å². The lowest BCUT2D eigenvalue weighted by atomic mass is 9.85. The van der Waals surface area contributed by atoms with Gasteiger partial charge in [-0.25, -0.2) is 9.97 Å². The molecular formula is C13H21N3O2. The fourth-order valence-corrected chi connectivity index (χ4v) is 2.45. The molecule has 100 valence electrons. The highest BCUT2D eigenvalue weighted by Crippen LogP contribution is 2.26. The van der Waals surface area contributed by atoms with Crippen molar-refractivity contribution >= 4 is 5.82 Å². The molecule has 2 rings (SSSR count). The van der Waals surface area contributed by atoms with Gasteiger partial charge < -0.3 is 15.2 Å². The predicted octanol–water partition coefficient (Wildman–Crippen LogP) is 1.84. The number of aromatic nitrogens is 2. The Kier molecular flexibility index (Phi) is 4.75. The van der Waals surface area contributed by atoms with Gasteiger partial charge in [-0.05, 0) is 19.8 Å². The van der Waals surface area contributed by atoms with Crippen molar-refractivity contribution in [2.24, 2.45) is 5.92 Å². The SMILES string of the molecule is CCOc1cc(NC2CCCCC2CO)ncn1. The quantitative estimate of drug-likeness (QED) is 0.835. The summed E-state index contributed by atoms with van der Waals surface area (Å²) in [6, 6.07) is 2.11. The molecule has 0 aromatic carbocycles. The summed E-state index contributed by atoms with van der Waals surface area (Å²) >= 11 is 0. The number of anilines is 1. The van der Waals surface area contributed by atoms with Crippen molar-refractivity contribution < 1.29 is 9.84 Å². The number of aliphatic hydroxyl groups is 1. The van der Waals surface area contributed by atoms with Crippen molar-refractivity contribution in [3.05, 3.63) is 12.4 Å². The summed E-state index contributed by atoms with van der Waals surface area (Å²) in [5, 5.41) is 12.8. The lowest BCUT2D eigenvalue weighted by Gasteiger charge is -2.31. The lowest BCUT2D eigenvalue weighted by Crippen LogP contribution is -2.34. The zero-order valence-electron chi connectivity index (χ0n) is 10.8. The van der Waals surface area contributed by atoms with Gasteiger partial charge in [0.15, 0.2) is 0 Å². The van der Waals surface area contributed by atoms with Gasteiger partial charge in [-0.2, -0.15) is 0 Å². The predicted molar refractivity (Wildman–Crippen MR) is 69.7 cm³/mol. The normalized spacial score (nSPS) is 23.7. The van der Waals surface area contributed by atoms with E-state index < -0.39 is 0 Å². The largest absolute Gasteiger partial charge is 0.478 e. The van der Waals surface area contributed by atoms with Gasteiger partial charge in [0.05, 0.1) is 6.61 Å². The van der Waals surface area contributed by atoms with Gasteiger partial charge >= 0.3 is 0 Å². The van der Waals surface area contributed by atoms with E-state index in [1.165, 1.54) is 19.2 Å². The number of nitrogens with one attached hydrogen (secondary N) is 1. The maximum absolute atomic E-state index is 9.38. The van der Waals surface area contributed by atoms with Crippen LogP contribution in [0, 0.1) is 5.92 Å². The highest BCUT2D eigenvalue weighted by molar-refractivity contribution is 5.38. The Bertz CT molecular complexity index is 373. The van der Waals surface area contributed by atoms with E-state index in [-0.39, 0.29) is 6.61 Å². The first kappa shape index (κ1) is 13.1. The second-order valence-electron chi connectivity index (χ2n) is 4.65. The fourth-order valence-electron chi connectivity index (χ4n) is 2.45. The third-order valence-electron chi connectivity index (χ3n) is 3.41. The minimum Gasteiger partial charge on any atom is -0.478 e. The molecule has 2 atom stereocenters. The molecule has 1 fully saturated rings. The van der Waals surface area contributed by atoms with Crippen molar-refractivity contribution in [3.8, 4) is 5.88 Å². The van der Waals surface area contributed by atoms with Crippen LogP contribution >= 0.6 is 0 Å². The molecule has 18 heavy (non-hydrogen) atoms. The van der Waals surface area contributed by atoms with Crippen molar-refractivity contribution in [3.63, 3.8) is 0 Å². The van der Waals surface area contributed by atoms with E-state index in [0.717, 1.165) is 18.7 Å². The topological polar surface area (TPSA) is 67.3 Å². The molecule has 1 saturated carbocycles. The Morgan fingerprint density at radius 1 is 1.39 bits per heavy atom. The molecule has 2 N–H and O–H groups in total. The summed E-state index contributed by atoms with van der Waals surface area (Å²) in [5.41, 5.74) is 0. The van der Waals surface area contributed by atoms with Gasteiger partial charge in [-0.3, -0.25) is 0 Å². The monoisotopic (exact) mass is 251 g/mol. The first-order valence-electron chi connectivity index (χ1n) is 6.65. The zero-order chi connectivity index (χ0) is 12.8. The van der Waals surface area contributed by atoms with E-state index in [4.69, 9.17) is 4.74 Å². The standard InChI is InChI=1S/C13H21N3O2/c1-2-18-13-7-12(14-9-15-13)16-11-6-4-3-5-10(11)8-17/h7,9-11,17H,2-6,8H2,1H3,(H,14,15,16). The summed E-state index contributed by atoms with van der Waals surface area (Å²) in [6.45, 7) is 2.76. The minimum absolute atomic E-state index is 0.237. The van der Waals surface area contributed by atoms with Crippen molar-refractivity contribution in [2.45, 2.75) is 38.6 Å². The molecule has 1 aliphatic rings. The van der Waals surface area contributed by atoms with Crippen LogP contribution in [0.1, 0.15) is 32.6 Å². The Hall–Kier alpha value is -1.36. The van der Waals surface area contributed by atoms with Gasteiger partial charge in [-0.1, -0.05) is 12.8 Å². The van der Waals surface area contributed by atoms with E-state index in [1.807, 2.05) is 13.0 Å². The number of aliphatic hydroxyl groups excluding tert-OH is 1. The summed E-state index contributed by atoms with van der Waals surface area (Å²) in [4.78, 5) is 8.24. The molecule has 1 aromatic rings. The van der Waals surface area contributed by atoms with Gasteiger partial charge in [-0.15, -0.1) is 0 Å². The molecule has 0 aliphatic heterocycles. The highest BCUT2D eigenvalue weighted by atomic mass is 16.5. The van der Waals surface area contributed by atoms with Gasteiger partial charge in [0.25, 0.3) is 0 Å². The van der Waals surface area contributed by atoms with E-state index in [1.54, 1.807) is 0 Å². The van der Waals surface area contributed by atoms with Gasteiger partial charge in [0, 0.05) is 24.6 Å². The van der Waals surface area contributed by atoms with Crippen LogP contribution in [0.2, 0.25) is 0 Å². The summed E-state index contributed by atoms with van der Waals surface area (Å²) in [7, 11) is 0. The van der Waals surface area contributed by atoms with Crippen LogP contribution in [0.3, 0.4) is 0 Å². The molecule has 5 heteroatoms. The lowest BCUT2D eigenvalue weighted by molar-refractivity contribution is 0.178. The minimum atomic E-state index is 0.237. The molecule has 0 bridgehead atoms. The summed E-state index contributed by atoms with van der Waals surface area (Å²) in [6.07, 6.45) is 6.08. The molecule has 1 aliphatic carbocycles. The molecule has 0 saturated heterocycles. The van der Waals surface area contributed by atoms with E-state index >= 15 is 0 Å². The highest BCUT2D eigenvalue weighted by Gasteiger charge is 2.24. The average Bonchev–Trinajstić information content (AvgIpc) is 2.40. The number of nitrogens with zero attached hydrogens (tertiary/aromatic N) is 2. The van der Waals surface area contributed by atoms with E-state index in [9.17, 15) is 5.11 Å². The maximum atomic E-state index is 9.38. The van der Waals surface area contributed by atoms with Crippen LogP contribution in [0.25, 0.3) is 0 Å². The van der Waals surface area contributed by atoms with Crippen molar-refractivity contribution in [2.75, 3.05) is 18.5 Å². The molecule has 0 amide bonds. The average molecular weight is 251 g/mol. The smallest absolute Gasteiger partial charge is 0.218 e. The number of hydrogen-bond donors (Lipinski definition) is 2. The van der Waals surface area contributed by atoms with Gasteiger partial charge in [0.2, 0.25) is 5.88 Å². The fraction of sp³-hybridized carbons (Fsp3) is 0.692. The Labute approximate surface area is 108 Å². The molecule has 1 aromatic heterocycles. The van der Waals surface area contributed by atoms with Crippen LogP contribution in [0.5, 0.6) is 5.88 Å². The van der Waals surface area contributed by atoms with E-state index in [2.05, 4.69) is 15.3 Å². The molecule has 0 spiro atoms. The van der Waals surface area contributed by atoms with Crippen LogP contribution in [0.15, 0.2) is 12.4 Å². The van der Waals surface area contributed by atoms with Crippen LogP contribution < -0.4 is 10.1 Å². The number of hydrogen-bond acceptors (Lipinski definition) is 5. The van der Waals surface area contributed by atoms with Crippen molar-refractivity contribution in [1.29, 1.82) is 0 Å². The Morgan fingerprint density at radius 3 is 3.00 bits per heavy atom. The number of ether oxygens (including phenoxy) is 1. The molecule has 5 nitrogen and oxygen atoms in total. The first-order chi connectivity index (χ1) is 8.83. The summed E-state index contributed by atoms with van der Waals surface area (Å²) < 4.78 is 5.35. The maximum Gasteiger partial charge on any atom is 0.218 e. The van der Waals surface area contributed by atoms with Crippen LogP contribution in [0.4, 0.5) is 5.82 Å². The molecule has 2 unspecified atom stereocenters. The third-order valence-corrected chi connectivity index (χ3v) is 3.41. The second-order valence-corrected chi connectivity index (χ2v) is 4.65. The van der Waals surface area contributed by atoms with Gasteiger partial charge in [0.1, 0.15) is 12.1 Å². The summed E-state index contributed by atoms with van der Waals surface area (Å²) in [5.74, 6) is 1.69. The molecule has 0 radical (unpaired) electrons. The van der Waals surface area contributed by atoms with E-state index in [0.29, 0.717) is 24.4 Å². The molecule has 1 heterocycles. The second kappa shape index (κ2) is 6.54. The van der Waals surface area contributed by atoms with Crippen LogP contribution in [-0.2, 0) is 0 Å².